The Kier molecular flexibility index (Phi) is 6.39. The number of carbonyl (C=O) groups excluding carboxylic acids is 2. The molecule has 0 aliphatic carbocycles. The Labute approximate surface area is 181 Å². The minimum Gasteiger partial charge on any atom is -0.454 e. The minimum absolute atomic E-state index is 0.0847. The number of hydrogen-bond acceptors (Lipinski definition) is 4. The Balaban J connectivity index is 1.26. The fourth-order valence-corrected chi connectivity index (χ4v) is 4.18. The van der Waals surface area contributed by atoms with Crippen LogP contribution in [0.5, 0.6) is 11.5 Å². The van der Waals surface area contributed by atoms with Gasteiger partial charge in [-0.1, -0.05) is 6.07 Å². The molecule has 0 unspecified atom stereocenters. The number of benzene rings is 2. The highest BCUT2D eigenvalue weighted by molar-refractivity contribution is 5.91. The molecule has 0 bridgehead atoms. The summed E-state index contributed by atoms with van der Waals surface area (Å²) in [4.78, 5) is 27.0. The van der Waals surface area contributed by atoms with Gasteiger partial charge in [0.15, 0.2) is 11.5 Å². The van der Waals surface area contributed by atoms with E-state index in [2.05, 4.69) is 5.32 Å². The van der Waals surface area contributed by atoms with Crippen LogP contribution in [0.1, 0.15) is 36.8 Å². The standard InChI is InChI=1S/C24H27FN2O4/c1-16-11-19(25)6-7-20(16)26-23(28)9-5-17-3-2-10-27(14-17)24(29)13-18-4-8-21-22(12-18)31-15-30-21/h4,6-8,11-12,17H,2-3,5,9-10,13-15H2,1H3,(H,26,28)/t17-/m0/s1. The molecule has 2 aliphatic rings. The van der Waals surface area contributed by atoms with Gasteiger partial charge in [-0.15, -0.1) is 0 Å². The molecular weight excluding hydrogens is 399 g/mol. The molecule has 31 heavy (non-hydrogen) atoms. The van der Waals surface area contributed by atoms with E-state index < -0.39 is 0 Å². The van der Waals surface area contributed by atoms with Gasteiger partial charge in [-0.25, -0.2) is 4.39 Å². The minimum atomic E-state index is -0.316. The zero-order chi connectivity index (χ0) is 21.8. The first-order chi connectivity index (χ1) is 15.0. The van der Waals surface area contributed by atoms with Crippen molar-refractivity contribution in [2.45, 2.75) is 39.0 Å². The van der Waals surface area contributed by atoms with Gasteiger partial charge in [0.2, 0.25) is 18.6 Å². The van der Waals surface area contributed by atoms with E-state index in [0.29, 0.717) is 48.1 Å². The molecule has 1 atom stereocenters. The number of nitrogens with zero attached hydrogens (tertiary/aromatic N) is 1. The van der Waals surface area contributed by atoms with Crippen molar-refractivity contribution >= 4 is 17.5 Å². The predicted octanol–water partition coefficient (Wildman–Crippen LogP) is 4.06. The van der Waals surface area contributed by atoms with Crippen LogP contribution in [0.3, 0.4) is 0 Å². The summed E-state index contributed by atoms with van der Waals surface area (Å²) in [7, 11) is 0. The third-order valence-corrected chi connectivity index (χ3v) is 5.91. The van der Waals surface area contributed by atoms with Gasteiger partial charge in [-0.3, -0.25) is 9.59 Å². The number of anilines is 1. The van der Waals surface area contributed by atoms with Gasteiger partial charge in [0, 0.05) is 25.2 Å². The number of nitrogens with one attached hydrogen (secondary N) is 1. The lowest BCUT2D eigenvalue weighted by Gasteiger charge is -2.33. The first-order valence-corrected chi connectivity index (χ1v) is 10.7. The van der Waals surface area contributed by atoms with Crippen LogP contribution in [-0.4, -0.2) is 36.6 Å². The molecule has 2 amide bonds. The number of carbonyl (C=O) groups is 2. The highest BCUT2D eigenvalue weighted by Gasteiger charge is 2.25. The maximum absolute atomic E-state index is 13.2. The summed E-state index contributed by atoms with van der Waals surface area (Å²) >= 11 is 0. The number of halogens is 1. The molecule has 164 valence electrons. The van der Waals surface area contributed by atoms with Crippen molar-refractivity contribution in [2.75, 3.05) is 25.2 Å². The number of aryl methyl sites for hydroxylation is 1. The Morgan fingerprint density at radius 1 is 1.16 bits per heavy atom. The zero-order valence-corrected chi connectivity index (χ0v) is 17.7. The van der Waals surface area contributed by atoms with Gasteiger partial charge in [-0.05, 0) is 73.6 Å². The van der Waals surface area contributed by atoms with Crippen LogP contribution in [0.2, 0.25) is 0 Å². The van der Waals surface area contributed by atoms with E-state index in [1.54, 1.807) is 13.0 Å². The van der Waals surface area contributed by atoms with Crippen molar-refractivity contribution in [3.05, 3.63) is 53.3 Å². The van der Waals surface area contributed by atoms with E-state index in [-0.39, 0.29) is 24.4 Å². The van der Waals surface area contributed by atoms with Crippen LogP contribution in [0, 0.1) is 18.7 Å². The van der Waals surface area contributed by atoms with Gasteiger partial charge < -0.3 is 19.7 Å². The van der Waals surface area contributed by atoms with Gasteiger partial charge in [-0.2, -0.15) is 0 Å². The van der Waals surface area contributed by atoms with Crippen LogP contribution in [0.15, 0.2) is 36.4 Å². The molecular formula is C24H27FN2O4. The van der Waals surface area contributed by atoms with E-state index >= 15 is 0 Å². The molecule has 1 saturated heterocycles. The van der Waals surface area contributed by atoms with Gasteiger partial charge in [0.1, 0.15) is 5.82 Å². The van der Waals surface area contributed by atoms with Crippen molar-refractivity contribution < 1.29 is 23.5 Å². The number of fused-ring (bicyclic) bond motifs is 1. The van der Waals surface area contributed by atoms with Gasteiger partial charge >= 0.3 is 0 Å². The molecule has 2 heterocycles. The van der Waals surface area contributed by atoms with Crippen molar-refractivity contribution in [3.63, 3.8) is 0 Å². The maximum Gasteiger partial charge on any atom is 0.231 e. The molecule has 0 aromatic heterocycles. The summed E-state index contributed by atoms with van der Waals surface area (Å²) in [6.45, 7) is 3.41. The largest absolute Gasteiger partial charge is 0.454 e. The average Bonchev–Trinajstić information content (AvgIpc) is 3.22. The number of hydrogen-bond donors (Lipinski definition) is 1. The first kappa shape index (κ1) is 21.2. The number of piperidine rings is 1. The molecule has 0 spiro atoms. The molecule has 6 nitrogen and oxygen atoms in total. The van der Waals surface area contributed by atoms with Crippen LogP contribution >= 0.6 is 0 Å². The molecule has 0 saturated carbocycles. The second-order valence-electron chi connectivity index (χ2n) is 8.26. The second-order valence-corrected chi connectivity index (χ2v) is 8.26. The van der Waals surface area contributed by atoms with E-state index in [9.17, 15) is 14.0 Å². The molecule has 2 aliphatic heterocycles. The molecule has 2 aromatic rings. The molecule has 0 radical (unpaired) electrons. The van der Waals surface area contributed by atoms with Crippen LogP contribution in [0.25, 0.3) is 0 Å². The van der Waals surface area contributed by atoms with Crippen molar-refractivity contribution in [3.8, 4) is 11.5 Å². The molecule has 4 rings (SSSR count). The topological polar surface area (TPSA) is 67.9 Å². The third-order valence-electron chi connectivity index (χ3n) is 5.91. The van der Waals surface area contributed by atoms with E-state index in [4.69, 9.17) is 9.47 Å². The van der Waals surface area contributed by atoms with Crippen molar-refractivity contribution in [1.29, 1.82) is 0 Å². The molecule has 2 aromatic carbocycles. The SMILES string of the molecule is Cc1cc(F)ccc1NC(=O)CC[C@@H]1CCCN(C(=O)Cc2ccc3c(c2)OCO3)C1. The third kappa shape index (κ3) is 5.34. The fraction of sp³-hybridized carbons (Fsp3) is 0.417. The van der Waals surface area contributed by atoms with E-state index in [0.717, 1.165) is 31.4 Å². The van der Waals surface area contributed by atoms with Crippen LogP contribution in [-0.2, 0) is 16.0 Å². The number of ether oxygens (including phenoxy) is 2. The van der Waals surface area contributed by atoms with E-state index in [1.165, 1.54) is 12.1 Å². The summed E-state index contributed by atoms with van der Waals surface area (Å²) in [6, 6.07) is 9.93. The highest BCUT2D eigenvalue weighted by atomic mass is 19.1. The molecule has 7 heteroatoms. The Morgan fingerprint density at radius 2 is 2.00 bits per heavy atom. The summed E-state index contributed by atoms with van der Waals surface area (Å²) < 4.78 is 23.9. The molecule has 1 fully saturated rings. The quantitative estimate of drug-likeness (QED) is 0.756. The lowest BCUT2D eigenvalue weighted by molar-refractivity contribution is -0.132. The summed E-state index contributed by atoms with van der Waals surface area (Å²) in [5, 5.41) is 2.86. The average molecular weight is 426 g/mol. The first-order valence-electron chi connectivity index (χ1n) is 10.7. The van der Waals surface area contributed by atoms with Crippen molar-refractivity contribution in [2.24, 2.45) is 5.92 Å². The van der Waals surface area contributed by atoms with Gasteiger partial charge in [0.05, 0.1) is 6.42 Å². The number of likely N-dealkylation sites (tertiary alicyclic amines) is 1. The lowest BCUT2D eigenvalue weighted by atomic mass is 9.92. The van der Waals surface area contributed by atoms with Crippen molar-refractivity contribution in [1.82, 2.24) is 4.90 Å². The Hall–Kier alpha value is -3.09. The Morgan fingerprint density at radius 3 is 2.84 bits per heavy atom. The maximum atomic E-state index is 13.2. The zero-order valence-electron chi connectivity index (χ0n) is 17.7. The normalized spacial score (nSPS) is 17.5. The number of amides is 2. The van der Waals surface area contributed by atoms with E-state index in [1.807, 2.05) is 23.1 Å². The lowest BCUT2D eigenvalue weighted by Crippen LogP contribution is -2.40. The predicted molar refractivity (Wildman–Crippen MR) is 115 cm³/mol. The fourth-order valence-electron chi connectivity index (χ4n) is 4.18. The smallest absolute Gasteiger partial charge is 0.231 e. The highest BCUT2D eigenvalue weighted by Crippen LogP contribution is 2.33. The van der Waals surface area contributed by atoms with Gasteiger partial charge in [0.25, 0.3) is 0 Å². The number of rotatable bonds is 6. The Bertz CT molecular complexity index is 978. The van der Waals surface area contributed by atoms with Crippen LogP contribution in [0.4, 0.5) is 10.1 Å². The summed E-state index contributed by atoms with van der Waals surface area (Å²) in [5.74, 6) is 1.39. The summed E-state index contributed by atoms with van der Waals surface area (Å²) in [5.41, 5.74) is 2.24. The second kappa shape index (κ2) is 9.37. The molecule has 1 N–H and O–H groups in total. The summed E-state index contributed by atoms with van der Waals surface area (Å²) in [6.07, 6.45) is 3.38. The van der Waals surface area contributed by atoms with Crippen LogP contribution < -0.4 is 14.8 Å². The monoisotopic (exact) mass is 426 g/mol.